The summed E-state index contributed by atoms with van der Waals surface area (Å²) in [5.41, 5.74) is 7.07. The van der Waals surface area contributed by atoms with E-state index < -0.39 is 0 Å². The fraction of sp³-hybridized carbons (Fsp3) is 0.417. The molecule has 0 aliphatic carbocycles. The predicted molar refractivity (Wildman–Crippen MR) is 70.1 cm³/mol. The van der Waals surface area contributed by atoms with Gasteiger partial charge in [0.05, 0.1) is 13.2 Å². The van der Waals surface area contributed by atoms with Gasteiger partial charge in [-0.05, 0) is 12.1 Å². The zero-order valence-electron chi connectivity index (χ0n) is 10.4. The molecule has 6 nitrogen and oxygen atoms in total. The minimum Gasteiger partial charge on any atom is -0.409 e. The first-order valence-electron chi connectivity index (χ1n) is 5.66. The van der Waals surface area contributed by atoms with Crippen LogP contribution in [-0.4, -0.2) is 49.6 Å². The molecule has 100 valence electrons. The first-order chi connectivity index (χ1) is 8.74. The van der Waals surface area contributed by atoms with Gasteiger partial charge in [-0.2, -0.15) is 0 Å². The van der Waals surface area contributed by atoms with Gasteiger partial charge in [-0.3, -0.25) is 0 Å². The van der Waals surface area contributed by atoms with E-state index in [1.54, 1.807) is 13.2 Å². The number of anilines is 1. The second-order valence-electron chi connectivity index (χ2n) is 3.71. The van der Waals surface area contributed by atoms with Crippen LogP contribution >= 0.6 is 0 Å². The number of benzene rings is 1. The largest absolute Gasteiger partial charge is 0.409 e. The van der Waals surface area contributed by atoms with Crippen molar-refractivity contribution in [3.8, 4) is 0 Å². The molecule has 0 radical (unpaired) electrons. The van der Waals surface area contributed by atoms with Crippen molar-refractivity contribution in [1.29, 1.82) is 0 Å². The lowest BCUT2D eigenvalue weighted by Gasteiger charge is -2.25. The van der Waals surface area contributed by atoms with Crippen LogP contribution in [0.5, 0.6) is 0 Å². The van der Waals surface area contributed by atoms with E-state index in [0.29, 0.717) is 25.3 Å². The number of ether oxygens (including phenoxy) is 1. The maximum Gasteiger partial charge on any atom is 0.172 e. The van der Waals surface area contributed by atoms with Crippen molar-refractivity contribution < 1.29 is 15.1 Å². The lowest BCUT2D eigenvalue weighted by molar-refractivity contribution is 0.203. The maximum absolute atomic E-state index is 9.09. The first kappa shape index (κ1) is 14.3. The summed E-state index contributed by atoms with van der Waals surface area (Å²) < 4.78 is 5.03. The minimum absolute atomic E-state index is 0.0220. The van der Waals surface area contributed by atoms with Crippen molar-refractivity contribution in [1.82, 2.24) is 0 Å². The molecule has 0 heterocycles. The molecule has 4 N–H and O–H groups in total. The summed E-state index contributed by atoms with van der Waals surface area (Å²) in [5, 5.41) is 20.9. The van der Waals surface area contributed by atoms with Crippen LogP contribution in [0.25, 0.3) is 0 Å². The van der Waals surface area contributed by atoms with Gasteiger partial charge in [-0.25, -0.2) is 0 Å². The summed E-state index contributed by atoms with van der Waals surface area (Å²) in [5.74, 6) is 0.0472. The summed E-state index contributed by atoms with van der Waals surface area (Å²) in [6.45, 7) is 1.63. The zero-order valence-corrected chi connectivity index (χ0v) is 10.4. The van der Waals surface area contributed by atoms with Gasteiger partial charge < -0.3 is 25.7 Å². The number of hydrogen-bond donors (Lipinski definition) is 3. The summed E-state index contributed by atoms with van der Waals surface area (Å²) in [7, 11) is 1.62. The third-order valence-electron chi connectivity index (χ3n) is 2.56. The third kappa shape index (κ3) is 3.61. The van der Waals surface area contributed by atoms with Gasteiger partial charge in [-0.15, -0.1) is 0 Å². The maximum atomic E-state index is 9.09. The van der Waals surface area contributed by atoms with E-state index in [1.165, 1.54) is 0 Å². The number of hydrogen-bond acceptors (Lipinski definition) is 5. The summed E-state index contributed by atoms with van der Waals surface area (Å²) in [6.07, 6.45) is 0. The number of rotatable bonds is 7. The van der Waals surface area contributed by atoms with Crippen LogP contribution in [-0.2, 0) is 4.74 Å². The molecule has 0 amide bonds. The summed E-state index contributed by atoms with van der Waals surface area (Å²) >= 11 is 0. The SMILES string of the molecule is COCCN(CCO)c1ccccc1/C(N)=N/O. The molecule has 1 aromatic carbocycles. The van der Waals surface area contributed by atoms with Crippen molar-refractivity contribution >= 4 is 11.5 Å². The molecule has 0 atom stereocenters. The molecule has 0 fully saturated rings. The molecule has 1 rings (SSSR count). The fourth-order valence-corrected chi connectivity index (χ4v) is 1.69. The molecule has 0 aliphatic rings. The molecule has 0 saturated heterocycles. The van der Waals surface area contributed by atoms with Gasteiger partial charge in [0.1, 0.15) is 0 Å². The number of methoxy groups -OCH3 is 1. The molecule has 0 saturated carbocycles. The van der Waals surface area contributed by atoms with Gasteiger partial charge in [0.15, 0.2) is 5.84 Å². The standard InChI is InChI=1S/C12H19N3O3/c1-18-9-7-15(6-8-16)11-5-3-2-4-10(11)12(13)14-17/h2-5,16-17H,6-9H2,1H3,(H2,13,14). The Morgan fingerprint density at radius 1 is 1.39 bits per heavy atom. The molecule has 0 unspecified atom stereocenters. The Kier molecular flexibility index (Phi) is 5.96. The van der Waals surface area contributed by atoms with Crippen molar-refractivity contribution in [2.75, 3.05) is 38.3 Å². The van der Waals surface area contributed by atoms with Crippen molar-refractivity contribution in [3.05, 3.63) is 29.8 Å². The van der Waals surface area contributed by atoms with Crippen LogP contribution in [0.2, 0.25) is 0 Å². The summed E-state index contributed by atoms with van der Waals surface area (Å²) in [4.78, 5) is 1.93. The first-order valence-corrected chi connectivity index (χ1v) is 5.66. The van der Waals surface area contributed by atoms with E-state index in [1.807, 2.05) is 23.1 Å². The smallest absolute Gasteiger partial charge is 0.172 e. The van der Waals surface area contributed by atoms with E-state index in [4.69, 9.17) is 20.8 Å². The Balaban J connectivity index is 3.02. The summed E-state index contributed by atoms with van der Waals surface area (Å²) in [6, 6.07) is 7.30. The van der Waals surface area contributed by atoms with Crippen LogP contribution in [0.3, 0.4) is 0 Å². The monoisotopic (exact) mass is 253 g/mol. The quantitative estimate of drug-likeness (QED) is 0.280. The van der Waals surface area contributed by atoms with E-state index in [-0.39, 0.29) is 12.4 Å². The molecule has 18 heavy (non-hydrogen) atoms. The van der Waals surface area contributed by atoms with Crippen LogP contribution in [0.4, 0.5) is 5.69 Å². The van der Waals surface area contributed by atoms with Crippen molar-refractivity contribution in [2.24, 2.45) is 10.9 Å². The van der Waals surface area contributed by atoms with E-state index in [2.05, 4.69) is 5.16 Å². The average molecular weight is 253 g/mol. The lowest BCUT2D eigenvalue weighted by Crippen LogP contribution is -2.32. The molecule has 0 bridgehead atoms. The van der Waals surface area contributed by atoms with Crippen LogP contribution in [0.1, 0.15) is 5.56 Å². The minimum atomic E-state index is 0.0220. The Hall–Kier alpha value is -1.79. The van der Waals surface area contributed by atoms with Crippen LogP contribution in [0.15, 0.2) is 29.4 Å². The van der Waals surface area contributed by atoms with Crippen LogP contribution < -0.4 is 10.6 Å². The van der Waals surface area contributed by atoms with E-state index in [9.17, 15) is 0 Å². The fourth-order valence-electron chi connectivity index (χ4n) is 1.69. The number of oxime groups is 1. The number of nitrogens with zero attached hydrogens (tertiary/aromatic N) is 2. The molecular weight excluding hydrogens is 234 g/mol. The molecule has 0 aliphatic heterocycles. The highest BCUT2D eigenvalue weighted by atomic mass is 16.5. The lowest BCUT2D eigenvalue weighted by atomic mass is 10.1. The number of nitrogens with two attached hydrogens (primary N) is 1. The number of aliphatic hydroxyl groups is 1. The highest BCUT2D eigenvalue weighted by Gasteiger charge is 2.12. The normalized spacial score (nSPS) is 11.6. The van der Waals surface area contributed by atoms with E-state index >= 15 is 0 Å². The second-order valence-corrected chi connectivity index (χ2v) is 3.71. The molecular formula is C12H19N3O3. The number of amidine groups is 1. The van der Waals surface area contributed by atoms with E-state index in [0.717, 1.165) is 5.69 Å². The molecule has 0 aromatic heterocycles. The average Bonchev–Trinajstić information content (AvgIpc) is 2.42. The Labute approximate surface area is 106 Å². The highest BCUT2D eigenvalue weighted by Crippen LogP contribution is 2.19. The highest BCUT2D eigenvalue weighted by molar-refractivity contribution is 6.02. The predicted octanol–water partition coefficient (Wildman–Crippen LogP) is 0.226. The van der Waals surface area contributed by atoms with Crippen molar-refractivity contribution in [3.63, 3.8) is 0 Å². The van der Waals surface area contributed by atoms with Gasteiger partial charge in [0.2, 0.25) is 0 Å². The Morgan fingerprint density at radius 3 is 2.72 bits per heavy atom. The number of aliphatic hydroxyl groups excluding tert-OH is 1. The Bertz CT molecular complexity index is 396. The third-order valence-corrected chi connectivity index (χ3v) is 2.56. The van der Waals surface area contributed by atoms with Gasteiger partial charge in [0, 0.05) is 31.5 Å². The Morgan fingerprint density at radius 2 is 2.11 bits per heavy atom. The zero-order chi connectivity index (χ0) is 13.4. The molecule has 6 heteroatoms. The van der Waals surface area contributed by atoms with Gasteiger partial charge in [-0.1, -0.05) is 17.3 Å². The molecule has 0 spiro atoms. The number of para-hydroxylation sites is 1. The van der Waals surface area contributed by atoms with Gasteiger partial charge >= 0.3 is 0 Å². The van der Waals surface area contributed by atoms with Crippen LogP contribution in [0, 0.1) is 0 Å². The topological polar surface area (TPSA) is 91.3 Å². The second kappa shape index (κ2) is 7.52. The molecule has 1 aromatic rings. The van der Waals surface area contributed by atoms with Crippen molar-refractivity contribution in [2.45, 2.75) is 0 Å². The van der Waals surface area contributed by atoms with Gasteiger partial charge in [0.25, 0.3) is 0 Å².